The van der Waals surface area contributed by atoms with Crippen molar-refractivity contribution in [2.24, 2.45) is 0 Å². The van der Waals surface area contributed by atoms with Crippen LogP contribution >= 0.6 is 11.8 Å². The van der Waals surface area contributed by atoms with Crippen molar-refractivity contribution in [2.75, 3.05) is 10.6 Å². The summed E-state index contributed by atoms with van der Waals surface area (Å²) in [7, 11) is 0. The van der Waals surface area contributed by atoms with Gasteiger partial charge in [0, 0.05) is 28.6 Å². The summed E-state index contributed by atoms with van der Waals surface area (Å²) in [5.41, 5.74) is -2.72. The first-order valence-corrected chi connectivity index (χ1v) is 10.5. The zero-order valence-corrected chi connectivity index (χ0v) is 16.2. The Kier molecular flexibility index (Phi) is 5.66. The molecule has 2 N–H and O–H groups in total. The lowest BCUT2D eigenvalue weighted by molar-refractivity contribution is -0.0328. The van der Waals surface area contributed by atoms with Gasteiger partial charge in [-0.1, -0.05) is 25.3 Å². The summed E-state index contributed by atoms with van der Waals surface area (Å²) >= 11 is -0.115. The van der Waals surface area contributed by atoms with Crippen LogP contribution in [-0.4, -0.2) is 21.5 Å². The Hall–Kier alpha value is -1.96. The van der Waals surface area contributed by atoms with Crippen LogP contribution in [-0.2, 0) is 0 Å². The first kappa shape index (κ1) is 19.4. The molecular weight excluding hydrogens is 385 g/mol. The van der Waals surface area contributed by atoms with E-state index in [1.807, 2.05) is 6.07 Å². The minimum Gasteiger partial charge on any atom is -0.351 e. The van der Waals surface area contributed by atoms with Crippen LogP contribution in [0.15, 0.2) is 35.2 Å². The van der Waals surface area contributed by atoms with E-state index in [0.717, 1.165) is 31.4 Å². The van der Waals surface area contributed by atoms with E-state index in [4.69, 9.17) is 0 Å². The average molecular weight is 408 g/mol. The summed E-state index contributed by atoms with van der Waals surface area (Å²) in [6.07, 6.45) is 8.20. The van der Waals surface area contributed by atoms with Crippen LogP contribution in [0.25, 0.3) is 0 Å². The maximum absolute atomic E-state index is 12.6. The Morgan fingerprint density at radius 1 is 0.964 bits per heavy atom. The second-order valence-corrected chi connectivity index (χ2v) is 8.59. The third-order valence-corrected chi connectivity index (χ3v) is 5.74. The molecule has 8 heteroatoms. The molecule has 0 amide bonds. The molecule has 1 aromatic carbocycles. The molecule has 0 atom stereocenters. The van der Waals surface area contributed by atoms with Gasteiger partial charge in [0.1, 0.15) is 5.82 Å². The highest BCUT2D eigenvalue weighted by Crippen LogP contribution is 2.41. The molecule has 4 rings (SSSR count). The number of nitrogens with zero attached hydrogens (tertiary/aromatic N) is 2. The highest BCUT2D eigenvalue weighted by Gasteiger charge is 2.29. The highest BCUT2D eigenvalue weighted by atomic mass is 32.2. The van der Waals surface area contributed by atoms with Gasteiger partial charge in [-0.2, -0.15) is 18.2 Å². The van der Waals surface area contributed by atoms with E-state index in [1.165, 1.54) is 31.4 Å². The zero-order chi connectivity index (χ0) is 19.6. The summed E-state index contributed by atoms with van der Waals surface area (Å²) in [6, 6.07) is 8.60. The van der Waals surface area contributed by atoms with Crippen LogP contribution in [0.3, 0.4) is 0 Å². The Labute approximate surface area is 166 Å². The van der Waals surface area contributed by atoms with E-state index in [2.05, 4.69) is 20.6 Å². The van der Waals surface area contributed by atoms with Gasteiger partial charge >= 0.3 is 5.51 Å². The predicted octanol–water partition coefficient (Wildman–Crippen LogP) is 6.45. The van der Waals surface area contributed by atoms with Gasteiger partial charge in [-0.15, -0.1) is 0 Å². The third kappa shape index (κ3) is 5.53. The molecule has 0 spiro atoms. The van der Waals surface area contributed by atoms with Crippen LogP contribution in [0, 0.1) is 0 Å². The standard InChI is InChI=1S/C20H23F3N4S/c21-20(22,23)28-16-8-4-7-15(11-16)24-18-12-17(13-9-10-13)26-19(27-18)25-14-5-2-1-3-6-14/h4,7-8,11-14H,1-3,5-6,9-10H2,(H2,24,25,26,27). The average Bonchev–Trinajstić information content (AvgIpc) is 3.46. The second kappa shape index (κ2) is 8.19. The molecule has 0 unspecified atom stereocenters. The molecule has 1 heterocycles. The van der Waals surface area contributed by atoms with Crippen molar-refractivity contribution in [2.45, 2.75) is 67.3 Å². The molecule has 2 aliphatic carbocycles. The smallest absolute Gasteiger partial charge is 0.351 e. The minimum absolute atomic E-state index is 0.115. The van der Waals surface area contributed by atoms with Crippen LogP contribution in [0.2, 0.25) is 0 Å². The molecule has 2 aliphatic rings. The van der Waals surface area contributed by atoms with Crippen molar-refractivity contribution in [1.29, 1.82) is 0 Å². The lowest BCUT2D eigenvalue weighted by Crippen LogP contribution is -2.23. The van der Waals surface area contributed by atoms with Crippen LogP contribution in [0.4, 0.5) is 30.6 Å². The summed E-state index contributed by atoms with van der Waals surface area (Å²) in [5.74, 6) is 1.69. The zero-order valence-electron chi connectivity index (χ0n) is 15.4. The van der Waals surface area contributed by atoms with Crippen LogP contribution < -0.4 is 10.6 Å². The minimum atomic E-state index is -4.30. The Balaban J connectivity index is 1.52. The Morgan fingerprint density at radius 2 is 1.75 bits per heavy atom. The number of hydrogen-bond acceptors (Lipinski definition) is 5. The van der Waals surface area contributed by atoms with Crippen molar-refractivity contribution < 1.29 is 13.2 Å². The van der Waals surface area contributed by atoms with Crippen LogP contribution in [0.1, 0.15) is 56.6 Å². The summed E-state index contributed by atoms with van der Waals surface area (Å²) in [5, 5.41) is 6.62. The fraction of sp³-hybridized carbons (Fsp3) is 0.500. The number of alkyl halides is 3. The van der Waals surface area contributed by atoms with Gasteiger partial charge in [0.05, 0.1) is 5.69 Å². The number of aromatic nitrogens is 2. The molecule has 0 bridgehead atoms. The Morgan fingerprint density at radius 3 is 2.46 bits per heavy atom. The molecular formula is C20H23F3N4S. The van der Waals surface area contributed by atoms with Gasteiger partial charge in [-0.25, -0.2) is 4.98 Å². The molecule has 0 aliphatic heterocycles. The monoisotopic (exact) mass is 408 g/mol. The number of halogens is 3. The lowest BCUT2D eigenvalue weighted by Gasteiger charge is -2.23. The highest BCUT2D eigenvalue weighted by molar-refractivity contribution is 8.00. The predicted molar refractivity (Wildman–Crippen MR) is 106 cm³/mol. The van der Waals surface area contributed by atoms with Gasteiger partial charge in [-0.3, -0.25) is 0 Å². The number of anilines is 3. The number of benzene rings is 1. The Bertz CT molecular complexity index is 817. The quantitative estimate of drug-likeness (QED) is 0.538. The van der Waals surface area contributed by atoms with Gasteiger partial charge in [0.25, 0.3) is 0 Å². The fourth-order valence-electron chi connectivity index (χ4n) is 3.53. The molecule has 2 saturated carbocycles. The molecule has 0 saturated heterocycles. The van der Waals surface area contributed by atoms with E-state index in [-0.39, 0.29) is 16.7 Å². The normalized spacial score (nSPS) is 18.1. The number of thioether (sulfide) groups is 1. The molecule has 2 aromatic rings. The summed E-state index contributed by atoms with van der Waals surface area (Å²) < 4.78 is 37.9. The molecule has 150 valence electrons. The van der Waals surface area contributed by atoms with Gasteiger partial charge in [-0.05, 0) is 55.6 Å². The van der Waals surface area contributed by atoms with E-state index >= 15 is 0 Å². The van der Waals surface area contributed by atoms with Crippen LogP contribution in [0.5, 0.6) is 0 Å². The lowest BCUT2D eigenvalue weighted by atomic mass is 9.96. The van der Waals surface area contributed by atoms with Gasteiger partial charge in [0.15, 0.2) is 0 Å². The van der Waals surface area contributed by atoms with Crippen molar-refractivity contribution in [3.63, 3.8) is 0 Å². The largest absolute Gasteiger partial charge is 0.446 e. The molecule has 0 radical (unpaired) electrons. The molecule has 1 aromatic heterocycles. The summed E-state index contributed by atoms with van der Waals surface area (Å²) in [4.78, 5) is 9.40. The van der Waals surface area contributed by atoms with E-state index in [9.17, 15) is 13.2 Å². The maximum Gasteiger partial charge on any atom is 0.446 e. The first-order valence-electron chi connectivity index (χ1n) is 9.73. The molecule has 4 nitrogen and oxygen atoms in total. The van der Waals surface area contributed by atoms with E-state index in [0.29, 0.717) is 29.4 Å². The van der Waals surface area contributed by atoms with E-state index < -0.39 is 5.51 Å². The van der Waals surface area contributed by atoms with Crippen molar-refractivity contribution in [3.8, 4) is 0 Å². The fourth-order valence-corrected chi connectivity index (χ4v) is 4.13. The molecule has 28 heavy (non-hydrogen) atoms. The van der Waals surface area contributed by atoms with Gasteiger partial charge in [0.2, 0.25) is 5.95 Å². The second-order valence-electron chi connectivity index (χ2n) is 7.46. The summed E-state index contributed by atoms with van der Waals surface area (Å²) in [6.45, 7) is 0. The number of rotatable bonds is 6. The van der Waals surface area contributed by atoms with E-state index in [1.54, 1.807) is 12.1 Å². The van der Waals surface area contributed by atoms with Crippen molar-refractivity contribution >= 4 is 29.2 Å². The number of nitrogens with one attached hydrogen (secondary N) is 2. The van der Waals surface area contributed by atoms with Crippen molar-refractivity contribution in [3.05, 3.63) is 36.0 Å². The SMILES string of the molecule is FC(F)(F)Sc1cccc(Nc2cc(C3CC3)nc(NC3CCCCC3)n2)c1. The van der Waals surface area contributed by atoms with Gasteiger partial charge < -0.3 is 10.6 Å². The maximum atomic E-state index is 12.6. The van der Waals surface area contributed by atoms with Crippen molar-refractivity contribution in [1.82, 2.24) is 9.97 Å². The topological polar surface area (TPSA) is 49.8 Å². The third-order valence-electron chi connectivity index (χ3n) is 5.02. The first-order chi connectivity index (χ1) is 13.4. The number of hydrogen-bond donors (Lipinski definition) is 2. The molecule has 2 fully saturated rings.